The smallest absolute Gasteiger partial charge is 0.0701 e. The Bertz CT molecular complexity index is 100. The lowest BCUT2D eigenvalue weighted by atomic mass is 10.7. The van der Waals surface area contributed by atoms with Crippen LogP contribution in [0.3, 0.4) is 0 Å². The molecule has 0 rings (SSSR count). The molecule has 0 aliphatic heterocycles. The number of aliphatic hydroxyl groups is 1. The zero-order valence-corrected chi connectivity index (χ0v) is 11.1. The summed E-state index contributed by atoms with van der Waals surface area (Å²) in [5.74, 6) is 0. The Morgan fingerprint density at radius 3 is 1.24 bits per heavy atom. The zero-order chi connectivity index (χ0) is 13.2. The third-order valence-electron chi connectivity index (χ3n) is 1.53. The number of ether oxygens (including phenoxy) is 5. The summed E-state index contributed by atoms with van der Waals surface area (Å²) in [5.41, 5.74) is 0. The molecule has 0 aromatic rings. The van der Waals surface area contributed by atoms with Crippen molar-refractivity contribution in [1.29, 1.82) is 0 Å². The topological polar surface area (TPSA) is 66.4 Å². The first-order valence-corrected chi connectivity index (χ1v) is 5.56. The molecule has 0 aliphatic rings. The van der Waals surface area contributed by atoms with Gasteiger partial charge in [0.1, 0.15) is 0 Å². The molecular formula is C11H26O6. The van der Waals surface area contributed by atoms with E-state index in [-0.39, 0.29) is 6.61 Å². The summed E-state index contributed by atoms with van der Waals surface area (Å²) in [6.45, 7) is 4.28. The van der Waals surface area contributed by atoms with E-state index in [1.807, 2.05) is 0 Å². The van der Waals surface area contributed by atoms with E-state index in [1.54, 1.807) is 21.3 Å². The standard InChI is InChI=1S/C6H14O3.C5H12O3/c1-7-3-5-9-6-4-8-2;1-7-4-5-8-3-2-6/h3-6H2,1-2H3;6H,2-5H2,1H3. The van der Waals surface area contributed by atoms with Gasteiger partial charge in [0, 0.05) is 21.3 Å². The monoisotopic (exact) mass is 254 g/mol. The van der Waals surface area contributed by atoms with Crippen LogP contribution in [0.1, 0.15) is 0 Å². The highest BCUT2D eigenvalue weighted by molar-refractivity contribution is 4.28. The van der Waals surface area contributed by atoms with Gasteiger partial charge in [-0.15, -0.1) is 0 Å². The maximum atomic E-state index is 8.20. The second-order valence-corrected chi connectivity index (χ2v) is 2.93. The largest absolute Gasteiger partial charge is 0.394 e. The van der Waals surface area contributed by atoms with Crippen LogP contribution >= 0.6 is 0 Å². The van der Waals surface area contributed by atoms with Crippen LogP contribution in [0.5, 0.6) is 0 Å². The Balaban J connectivity index is 0. The number of rotatable bonds is 11. The van der Waals surface area contributed by atoms with Crippen LogP contribution in [0.25, 0.3) is 0 Å². The van der Waals surface area contributed by atoms with Crippen molar-refractivity contribution in [3.63, 3.8) is 0 Å². The molecule has 0 aromatic heterocycles. The molecule has 0 bridgehead atoms. The summed E-state index contributed by atoms with van der Waals surface area (Å²) in [4.78, 5) is 0. The van der Waals surface area contributed by atoms with E-state index in [1.165, 1.54) is 0 Å². The first kappa shape index (κ1) is 19.1. The predicted octanol–water partition coefficient (Wildman–Crippen LogP) is -0.0625. The van der Waals surface area contributed by atoms with Gasteiger partial charge in [0.25, 0.3) is 0 Å². The SMILES string of the molecule is COCCOCCO.COCCOCCOC. The van der Waals surface area contributed by atoms with E-state index in [0.717, 1.165) is 0 Å². The summed E-state index contributed by atoms with van der Waals surface area (Å²) in [6, 6.07) is 0. The van der Waals surface area contributed by atoms with Gasteiger partial charge in [-0.25, -0.2) is 0 Å². The molecule has 0 fully saturated rings. The molecule has 0 aromatic carbocycles. The summed E-state index contributed by atoms with van der Waals surface area (Å²) >= 11 is 0. The fourth-order valence-electron chi connectivity index (χ4n) is 0.695. The molecule has 0 heterocycles. The molecule has 0 atom stereocenters. The molecule has 0 radical (unpaired) electrons. The van der Waals surface area contributed by atoms with Gasteiger partial charge >= 0.3 is 0 Å². The van der Waals surface area contributed by atoms with Gasteiger partial charge < -0.3 is 28.8 Å². The Morgan fingerprint density at radius 1 is 0.588 bits per heavy atom. The first-order chi connectivity index (χ1) is 8.33. The van der Waals surface area contributed by atoms with E-state index in [9.17, 15) is 0 Å². The quantitative estimate of drug-likeness (QED) is 0.521. The predicted molar refractivity (Wildman–Crippen MR) is 64.4 cm³/mol. The highest BCUT2D eigenvalue weighted by Gasteiger charge is 1.84. The van der Waals surface area contributed by atoms with Gasteiger partial charge in [-0.2, -0.15) is 0 Å². The zero-order valence-electron chi connectivity index (χ0n) is 11.1. The number of hydrogen-bond donors (Lipinski definition) is 1. The van der Waals surface area contributed by atoms with Crippen LogP contribution in [0.2, 0.25) is 0 Å². The molecule has 17 heavy (non-hydrogen) atoms. The molecule has 0 aliphatic carbocycles. The number of aliphatic hydroxyl groups excluding tert-OH is 1. The van der Waals surface area contributed by atoms with Gasteiger partial charge in [0.05, 0.1) is 52.9 Å². The Kier molecular flexibility index (Phi) is 23.7. The van der Waals surface area contributed by atoms with Crippen molar-refractivity contribution in [3.05, 3.63) is 0 Å². The van der Waals surface area contributed by atoms with Gasteiger partial charge in [-0.05, 0) is 0 Å². The lowest BCUT2D eigenvalue weighted by Gasteiger charge is -2.00. The molecule has 0 spiro atoms. The van der Waals surface area contributed by atoms with Crippen LogP contribution in [-0.2, 0) is 23.7 Å². The second-order valence-electron chi connectivity index (χ2n) is 2.93. The normalized spacial score (nSPS) is 9.88. The van der Waals surface area contributed by atoms with Crippen molar-refractivity contribution in [1.82, 2.24) is 0 Å². The van der Waals surface area contributed by atoms with Crippen LogP contribution in [0.4, 0.5) is 0 Å². The molecular weight excluding hydrogens is 228 g/mol. The van der Waals surface area contributed by atoms with E-state index in [0.29, 0.717) is 46.2 Å². The Morgan fingerprint density at radius 2 is 0.941 bits per heavy atom. The minimum absolute atomic E-state index is 0.0870. The second kappa shape index (κ2) is 21.1. The van der Waals surface area contributed by atoms with Crippen LogP contribution in [0.15, 0.2) is 0 Å². The summed E-state index contributed by atoms with van der Waals surface area (Å²) in [7, 11) is 4.92. The fraction of sp³-hybridized carbons (Fsp3) is 1.00. The minimum Gasteiger partial charge on any atom is -0.394 e. The molecule has 1 N–H and O–H groups in total. The van der Waals surface area contributed by atoms with Crippen LogP contribution in [-0.4, -0.2) is 79.3 Å². The summed E-state index contributed by atoms with van der Waals surface area (Å²) in [5, 5.41) is 8.20. The molecule has 0 saturated carbocycles. The van der Waals surface area contributed by atoms with E-state index in [2.05, 4.69) is 4.74 Å². The Hall–Kier alpha value is -0.240. The van der Waals surface area contributed by atoms with E-state index < -0.39 is 0 Å². The van der Waals surface area contributed by atoms with Gasteiger partial charge in [-0.1, -0.05) is 0 Å². The average molecular weight is 254 g/mol. The highest BCUT2D eigenvalue weighted by atomic mass is 16.5. The minimum atomic E-state index is 0.0870. The molecule has 0 unspecified atom stereocenters. The molecule has 106 valence electrons. The van der Waals surface area contributed by atoms with Crippen molar-refractivity contribution >= 4 is 0 Å². The third-order valence-corrected chi connectivity index (χ3v) is 1.53. The van der Waals surface area contributed by atoms with Crippen molar-refractivity contribution in [2.24, 2.45) is 0 Å². The number of hydrogen-bond acceptors (Lipinski definition) is 6. The number of methoxy groups -OCH3 is 3. The van der Waals surface area contributed by atoms with Crippen molar-refractivity contribution in [2.75, 3.05) is 74.2 Å². The van der Waals surface area contributed by atoms with Crippen LogP contribution in [0, 0.1) is 0 Å². The molecule has 0 amide bonds. The van der Waals surface area contributed by atoms with E-state index in [4.69, 9.17) is 24.1 Å². The third kappa shape index (κ3) is 25.8. The maximum absolute atomic E-state index is 8.20. The van der Waals surface area contributed by atoms with Gasteiger partial charge in [0.15, 0.2) is 0 Å². The average Bonchev–Trinajstić information content (AvgIpc) is 2.36. The molecule has 6 nitrogen and oxygen atoms in total. The van der Waals surface area contributed by atoms with E-state index >= 15 is 0 Å². The lowest BCUT2D eigenvalue weighted by molar-refractivity contribution is 0.0385. The molecule has 0 saturated heterocycles. The summed E-state index contributed by atoms with van der Waals surface area (Å²) in [6.07, 6.45) is 0. The maximum Gasteiger partial charge on any atom is 0.0701 e. The Labute approximate surface area is 104 Å². The van der Waals surface area contributed by atoms with Gasteiger partial charge in [-0.3, -0.25) is 0 Å². The van der Waals surface area contributed by atoms with Crippen LogP contribution < -0.4 is 0 Å². The first-order valence-electron chi connectivity index (χ1n) is 5.56. The lowest BCUT2D eigenvalue weighted by Crippen LogP contribution is -2.06. The van der Waals surface area contributed by atoms with Crippen molar-refractivity contribution in [2.45, 2.75) is 0 Å². The van der Waals surface area contributed by atoms with Crippen molar-refractivity contribution < 1.29 is 28.8 Å². The molecule has 6 heteroatoms. The summed E-state index contributed by atoms with van der Waals surface area (Å²) < 4.78 is 24.1. The highest BCUT2D eigenvalue weighted by Crippen LogP contribution is 1.75. The van der Waals surface area contributed by atoms with Crippen molar-refractivity contribution in [3.8, 4) is 0 Å². The van der Waals surface area contributed by atoms with Gasteiger partial charge in [0.2, 0.25) is 0 Å². The fourth-order valence-corrected chi connectivity index (χ4v) is 0.695.